The molecule has 1 amide bonds. The number of amides is 1. The van der Waals surface area contributed by atoms with E-state index in [1.807, 2.05) is 18.2 Å². The van der Waals surface area contributed by atoms with Crippen LogP contribution in [0.15, 0.2) is 48.5 Å². The van der Waals surface area contributed by atoms with Gasteiger partial charge < -0.3 is 24.3 Å². The quantitative estimate of drug-likeness (QED) is 0.729. The predicted molar refractivity (Wildman–Crippen MR) is 97.3 cm³/mol. The Balaban J connectivity index is 1.32. The molecule has 0 radical (unpaired) electrons. The van der Waals surface area contributed by atoms with E-state index in [0.29, 0.717) is 28.9 Å². The molecular formula is C19H18ClNO6. The van der Waals surface area contributed by atoms with Gasteiger partial charge in [0.1, 0.15) is 18.5 Å². The average molecular weight is 392 g/mol. The third kappa shape index (κ3) is 5.79. The fourth-order valence-electron chi connectivity index (χ4n) is 2.30. The second-order valence-electron chi connectivity index (χ2n) is 5.70. The van der Waals surface area contributed by atoms with E-state index in [4.69, 9.17) is 30.5 Å². The third-order valence-electron chi connectivity index (χ3n) is 3.63. The zero-order chi connectivity index (χ0) is 19.1. The predicted octanol–water partition coefficient (Wildman–Crippen LogP) is 2.22. The van der Waals surface area contributed by atoms with Crippen molar-refractivity contribution in [2.45, 2.75) is 6.10 Å². The molecule has 7 nitrogen and oxygen atoms in total. The number of benzene rings is 2. The van der Waals surface area contributed by atoms with Gasteiger partial charge in [0.25, 0.3) is 5.91 Å². The van der Waals surface area contributed by atoms with Crippen LogP contribution in [-0.4, -0.2) is 44.3 Å². The van der Waals surface area contributed by atoms with Gasteiger partial charge in [-0.2, -0.15) is 0 Å². The van der Waals surface area contributed by atoms with Crippen molar-refractivity contribution in [3.05, 3.63) is 53.6 Å². The molecule has 1 aliphatic rings. The number of hydrogen-bond donors (Lipinski definition) is 1. The van der Waals surface area contributed by atoms with Crippen LogP contribution in [0.2, 0.25) is 5.02 Å². The second kappa shape index (κ2) is 9.14. The summed E-state index contributed by atoms with van der Waals surface area (Å²) in [5, 5.41) is 3.21. The van der Waals surface area contributed by atoms with Crippen molar-refractivity contribution >= 4 is 23.5 Å². The molecular weight excluding hydrogens is 374 g/mol. The highest BCUT2D eigenvalue weighted by molar-refractivity contribution is 6.30. The second-order valence-corrected chi connectivity index (χ2v) is 6.14. The minimum absolute atomic E-state index is 0.242. The van der Waals surface area contributed by atoms with Gasteiger partial charge in [0, 0.05) is 5.02 Å². The van der Waals surface area contributed by atoms with Crippen molar-refractivity contribution in [1.82, 2.24) is 5.32 Å². The lowest BCUT2D eigenvalue weighted by molar-refractivity contribution is -0.150. The number of rotatable bonds is 7. The molecule has 0 fully saturated rings. The zero-order valence-corrected chi connectivity index (χ0v) is 15.1. The summed E-state index contributed by atoms with van der Waals surface area (Å²) in [6.07, 6.45) is -0.312. The van der Waals surface area contributed by atoms with Crippen molar-refractivity contribution in [2.24, 2.45) is 0 Å². The van der Waals surface area contributed by atoms with Gasteiger partial charge in [-0.1, -0.05) is 23.7 Å². The highest BCUT2D eigenvalue weighted by atomic mass is 35.5. The van der Waals surface area contributed by atoms with Crippen molar-refractivity contribution in [2.75, 3.05) is 26.4 Å². The van der Waals surface area contributed by atoms with Crippen LogP contribution >= 0.6 is 11.6 Å². The van der Waals surface area contributed by atoms with E-state index in [1.54, 1.807) is 30.3 Å². The van der Waals surface area contributed by atoms with Crippen molar-refractivity contribution in [3.63, 3.8) is 0 Å². The molecule has 1 unspecified atom stereocenters. The highest BCUT2D eigenvalue weighted by Gasteiger charge is 2.21. The fourth-order valence-corrected chi connectivity index (χ4v) is 2.43. The number of carbonyl (C=O) groups excluding carboxylic acids is 2. The molecule has 1 aliphatic heterocycles. The fraction of sp³-hybridized carbons (Fsp3) is 0.263. The molecule has 142 valence electrons. The van der Waals surface area contributed by atoms with Crippen LogP contribution < -0.4 is 19.5 Å². The zero-order valence-electron chi connectivity index (χ0n) is 14.4. The molecule has 1 heterocycles. The first-order chi connectivity index (χ1) is 13.1. The maximum Gasteiger partial charge on any atom is 0.344 e. The van der Waals surface area contributed by atoms with Crippen molar-refractivity contribution in [1.29, 1.82) is 0 Å². The topological polar surface area (TPSA) is 83.1 Å². The number of hydrogen-bond acceptors (Lipinski definition) is 6. The Morgan fingerprint density at radius 3 is 2.59 bits per heavy atom. The van der Waals surface area contributed by atoms with E-state index in [0.717, 1.165) is 0 Å². The van der Waals surface area contributed by atoms with E-state index >= 15 is 0 Å². The smallest absolute Gasteiger partial charge is 0.344 e. The van der Waals surface area contributed by atoms with E-state index in [-0.39, 0.29) is 19.3 Å². The van der Waals surface area contributed by atoms with Crippen LogP contribution in [0.4, 0.5) is 0 Å². The van der Waals surface area contributed by atoms with Gasteiger partial charge in [-0.3, -0.25) is 4.79 Å². The SMILES string of the molecule is O=C(COC(=O)COc1ccc(Cl)cc1)NCC1COc2ccccc2O1. The number of para-hydroxylation sites is 2. The Kier molecular flexibility index (Phi) is 6.38. The van der Waals surface area contributed by atoms with Gasteiger partial charge in [-0.05, 0) is 36.4 Å². The van der Waals surface area contributed by atoms with Crippen LogP contribution in [0, 0.1) is 0 Å². The Labute approximate surface area is 161 Å². The number of halogens is 1. The summed E-state index contributed by atoms with van der Waals surface area (Å²) < 4.78 is 21.4. The largest absolute Gasteiger partial charge is 0.486 e. The standard InChI is InChI=1S/C19H18ClNO6/c20-13-5-7-14(8-6-13)24-12-19(23)26-11-18(22)21-9-15-10-25-16-3-1-2-4-17(16)27-15/h1-8,15H,9-12H2,(H,21,22). The summed E-state index contributed by atoms with van der Waals surface area (Å²) in [4.78, 5) is 23.4. The number of nitrogens with one attached hydrogen (secondary N) is 1. The summed E-state index contributed by atoms with van der Waals surface area (Å²) >= 11 is 5.76. The van der Waals surface area contributed by atoms with Gasteiger partial charge in [0.05, 0.1) is 6.54 Å². The number of ether oxygens (including phenoxy) is 4. The Hall–Kier alpha value is -2.93. The Bertz CT molecular complexity index is 795. The van der Waals surface area contributed by atoms with E-state index in [1.165, 1.54) is 0 Å². The molecule has 27 heavy (non-hydrogen) atoms. The number of carbonyl (C=O) groups is 2. The monoisotopic (exact) mass is 391 g/mol. The molecule has 0 saturated carbocycles. The lowest BCUT2D eigenvalue weighted by Crippen LogP contribution is -2.42. The first kappa shape index (κ1) is 18.8. The van der Waals surface area contributed by atoms with E-state index < -0.39 is 18.5 Å². The highest BCUT2D eigenvalue weighted by Crippen LogP contribution is 2.30. The molecule has 0 saturated heterocycles. The molecule has 0 aromatic heterocycles. The van der Waals surface area contributed by atoms with Gasteiger partial charge in [0.15, 0.2) is 24.7 Å². The average Bonchev–Trinajstić information content (AvgIpc) is 2.70. The molecule has 3 rings (SSSR count). The molecule has 2 aromatic carbocycles. The van der Waals surface area contributed by atoms with Crippen LogP contribution in [0.25, 0.3) is 0 Å². The van der Waals surface area contributed by atoms with Crippen LogP contribution in [0.1, 0.15) is 0 Å². The summed E-state index contributed by atoms with van der Waals surface area (Å²) in [6, 6.07) is 13.9. The van der Waals surface area contributed by atoms with E-state index in [2.05, 4.69) is 5.32 Å². The third-order valence-corrected chi connectivity index (χ3v) is 3.88. The Morgan fingerprint density at radius 2 is 1.81 bits per heavy atom. The minimum atomic E-state index is -0.647. The molecule has 1 N–H and O–H groups in total. The Morgan fingerprint density at radius 1 is 1.07 bits per heavy atom. The minimum Gasteiger partial charge on any atom is -0.486 e. The van der Waals surface area contributed by atoms with Crippen LogP contribution in [0.3, 0.4) is 0 Å². The van der Waals surface area contributed by atoms with Crippen LogP contribution in [-0.2, 0) is 14.3 Å². The molecule has 0 bridgehead atoms. The normalized spacial score (nSPS) is 14.9. The van der Waals surface area contributed by atoms with Crippen molar-refractivity contribution in [3.8, 4) is 17.2 Å². The summed E-state index contributed by atoms with van der Waals surface area (Å²) in [5.74, 6) is 0.711. The molecule has 2 aromatic rings. The van der Waals surface area contributed by atoms with Gasteiger partial charge >= 0.3 is 5.97 Å². The summed E-state index contributed by atoms with van der Waals surface area (Å²) in [5.41, 5.74) is 0. The van der Waals surface area contributed by atoms with Gasteiger partial charge in [-0.25, -0.2) is 4.79 Å². The summed E-state index contributed by atoms with van der Waals surface area (Å²) in [6.45, 7) is -0.129. The van der Waals surface area contributed by atoms with Crippen LogP contribution in [0.5, 0.6) is 17.2 Å². The first-order valence-corrected chi connectivity index (χ1v) is 8.67. The number of esters is 1. The molecule has 1 atom stereocenters. The van der Waals surface area contributed by atoms with E-state index in [9.17, 15) is 9.59 Å². The summed E-state index contributed by atoms with van der Waals surface area (Å²) in [7, 11) is 0. The lowest BCUT2D eigenvalue weighted by Gasteiger charge is -2.26. The molecule has 8 heteroatoms. The van der Waals surface area contributed by atoms with Crippen molar-refractivity contribution < 1.29 is 28.5 Å². The van der Waals surface area contributed by atoms with Gasteiger partial charge in [-0.15, -0.1) is 0 Å². The maximum absolute atomic E-state index is 11.8. The molecule has 0 aliphatic carbocycles. The maximum atomic E-state index is 11.8. The van der Waals surface area contributed by atoms with Gasteiger partial charge in [0.2, 0.25) is 0 Å². The lowest BCUT2D eigenvalue weighted by atomic mass is 10.2. The first-order valence-electron chi connectivity index (χ1n) is 8.29. The molecule has 0 spiro atoms. The number of fused-ring (bicyclic) bond motifs is 1.